The van der Waals surface area contributed by atoms with E-state index >= 15 is 0 Å². The summed E-state index contributed by atoms with van der Waals surface area (Å²) in [5.74, 6) is 0.805. The molecule has 0 aliphatic heterocycles. The standard InChI is InChI=1S/C14H18BrN3OS/c1-18-13(16-14(19)7-3-2-4-8-15)10-11(17-18)12-6-5-9-20-12/h5-6,9-10H,2-4,7-8H2,1H3,(H,16,19). The van der Waals surface area contributed by atoms with Gasteiger partial charge in [0.05, 0.1) is 4.88 Å². The molecule has 0 aromatic carbocycles. The zero-order chi connectivity index (χ0) is 14.4. The highest BCUT2D eigenvalue weighted by Crippen LogP contribution is 2.25. The number of aryl methyl sites for hydroxylation is 1. The van der Waals surface area contributed by atoms with E-state index in [1.165, 1.54) is 0 Å². The van der Waals surface area contributed by atoms with Gasteiger partial charge in [0.1, 0.15) is 11.5 Å². The number of unbranched alkanes of at least 4 members (excludes halogenated alkanes) is 2. The normalized spacial score (nSPS) is 10.7. The third-order valence-corrected chi connectivity index (χ3v) is 4.41. The molecule has 0 spiro atoms. The first-order chi connectivity index (χ1) is 9.70. The molecular formula is C14H18BrN3OS. The molecule has 0 radical (unpaired) electrons. The number of nitrogens with zero attached hydrogens (tertiary/aromatic N) is 2. The highest BCUT2D eigenvalue weighted by atomic mass is 79.9. The van der Waals surface area contributed by atoms with E-state index in [-0.39, 0.29) is 5.91 Å². The van der Waals surface area contributed by atoms with Crippen molar-refractivity contribution in [1.82, 2.24) is 9.78 Å². The molecule has 0 fully saturated rings. The minimum Gasteiger partial charge on any atom is -0.311 e. The van der Waals surface area contributed by atoms with Crippen LogP contribution in [0.4, 0.5) is 5.82 Å². The second-order valence-electron chi connectivity index (χ2n) is 4.56. The zero-order valence-corrected chi connectivity index (χ0v) is 13.8. The van der Waals surface area contributed by atoms with E-state index < -0.39 is 0 Å². The number of alkyl halides is 1. The van der Waals surface area contributed by atoms with Gasteiger partial charge < -0.3 is 5.32 Å². The van der Waals surface area contributed by atoms with Crippen molar-refractivity contribution in [3.8, 4) is 10.6 Å². The van der Waals surface area contributed by atoms with Gasteiger partial charge in [-0.05, 0) is 24.3 Å². The van der Waals surface area contributed by atoms with Crippen molar-refractivity contribution in [2.24, 2.45) is 7.05 Å². The van der Waals surface area contributed by atoms with Gasteiger partial charge in [0.15, 0.2) is 0 Å². The number of aromatic nitrogens is 2. The van der Waals surface area contributed by atoms with Crippen molar-refractivity contribution in [1.29, 1.82) is 0 Å². The van der Waals surface area contributed by atoms with Crippen molar-refractivity contribution in [3.63, 3.8) is 0 Å². The average Bonchev–Trinajstić information content (AvgIpc) is 3.05. The van der Waals surface area contributed by atoms with Gasteiger partial charge >= 0.3 is 0 Å². The lowest BCUT2D eigenvalue weighted by Gasteiger charge is -2.04. The van der Waals surface area contributed by atoms with Gasteiger partial charge in [0.2, 0.25) is 5.91 Å². The quantitative estimate of drug-likeness (QED) is 0.601. The molecule has 2 aromatic heterocycles. The summed E-state index contributed by atoms with van der Waals surface area (Å²) in [4.78, 5) is 13.0. The number of hydrogen-bond acceptors (Lipinski definition) is 3. The Kier molecular flexibility index (Phi) is 5.79. The Bertz CT molecular complexity index is 551. The van der Waals surface area contributed by atoms with E-state index in [0.717, 1.165) is 41.0 Å². The molecule has 1 N–H and O–H groups in total. The summed E-state index contributed by atoms with van der Waals surface area (Å²) in [6.07, 6.45) is 3.67. The molecule has 6 heteroatoms. The Balaban J connectivity index is 1.91. The van der Waals surface area contributed by atoms with E-state index in [2.05, 4.69) is 26.3 Å². The fourth-order valence-electron chi connectivity index (χ4n) is 1.89. The topological polar surface area (TPSA) is 46.9 Å². The number of carbonyl (C=O) groups is 1. The number of thiophene rings is 1. The third kappa shape index (κ3) is 4.18. The minimum absolute atomic E-state index is 0.0558. The lowest BCUT2D eigenvalue weighted by molar-refractivity contribution is -0.116. The number of amides is 1. The van der Waals surface area contributed by atoms with Crippen LogP contribution in [0.25, 0.3) is 10.6 Å². The van der Waals surface area contributed by atoms with E-state index in [1.807, 2.05) is 30.6 Å². The SMILES string of the molecule is Cn1nc(-c2cccs2)cc1NC(=O)CCCCCBr. The van der Waals surface area contributed by atoms with Gasteiger partial charge in [-0.25, -0.2) is 0 Å². The molecule has 0 aliphatic rings. The number of nitrogens with one attached hydrogen (secondary N) is 1. The molecule has 0 unspecified atom stereocenters. The summed E-state index contributed by atoms with van der Waals surface area (Å²) in [5.41, 5.74) is 0.900. The number of halogens is 1. The van der Waals surface area contributed by atoms with Crippen LogP contribution in [0.1, 0.15) is 25.7 Å². The summed E-state index contributed by atoms with van der Waals surface area (Å²) in [5, 5.41) is 10.4. The molecule has 0 saturated heterocycles. The van der Waals surface area contributed by atoms with Crippen LogP contribution in [0.15, 0.2) is 23.6 Å². The van der Waals surface area contributed by atoms with Crippen LogP contribution in [0, 0.1) is 0 Å². The maximum atomic E-state index is 11.9. The Morgan fingerprint density at radius 1 is 1.45 bits per heavy atom. The first-order valence-corrected chi connectivity index (χ1v) is 8.64. The lowest BCUT2D eigenvalue weighted by Crippen LogP contribution is -2.13. The molecule has 0 atom stereocenters. The molecule has 108 valence electrons. The molecule has 2 aromatic rings. The summed E-state index contributed by atoms with van der Waals surface area (Å²) in [6.45, 7) is 0. The van der Waals surface area contributed by atoms with Crippen LogP contribution >= 0.6 is 27.3 Å². The van der Waals surface area contributed by atoms with Crippen LogP contribution in [0.2, 0.25) is 0 Å². The van der Waals surface area contributed by atoms with E-state index in [0.29, 0.717) is 6.42 Å². The van der Waals surface area contributed by atoms with Crippen molar-refractivity contribution in [2.45, 2.75) is 25.7 Å². The predicted octanol–water partition coefficient (Wildman–Crippen LogP) is 4.04. The Labute approximate surface area is 131 Å². The van der Waals surface area contributed by atoms with E-state index in [9.17, 15) is 4.79 Å². The second-order valence-corrected chi connectivity index (χ2v) is 6.30. The van der Waals surface area contributed by atoms with Crippen LogP contribution in [0.5, 0.6) is 0 Å². The largest absolute Gasteiger partial charge is 0.311 e. The van der Waals surface area contributed by atoms with Gasteiger partial charge in [0, 0.05) is 24.9 Å². The van der Waals surface area contributed by atoms with Gasteiger partial charge in [-0.3, -0.25) is 9.48 Å². The Hall–Kier alpha value is -1.14. The van der Waals surface area contributed by atoms with Crippen LogP contribution < -0.4 is 5.32 Å². The van der Waals surface area contributed by atoms with Crippen molar-refractivity contribution >= 4 is 39.0 Å². The molecule has 0 saturated carbocycles. The molecule has 4 nitrogen and oxygen atoms in total. The van der Waals surface area contributed by atoms with Crippen molar-refractivity contribution in [2.75, 3.05) is 10.6 Å². The number of carbonyl (C=O) groups excluding carboxylic acids is 1. The van der Waals surface area contributed by atoms with Gasteiger partial charge in [0.25, 0.3) is 0 Å². The molecule has 1 amide bonds. The minimum atomic E-state index is 0.0558. The molecule has 2 rings (SSSR count). The lowest BCUT2D eigenvalue weighted by atomic mass is 10.2. The van der Waals surface area contributed by atoms with Crippen molar-refractivity contribution < 1.29 is 4.79 Å². The van der Waals surface area contributed by atoms with E-state index in [1.54, 1.807) is 16.0 Å². The Morgan fingerprint density at radius 2 is 2.30 bits per heavy atom. The monoisotopic (exact) mass is 355 g/mol. The maximum Gasteiger partial charge on any atom is 0.225 e. The van der Waals surface area contributed by atoms with E-state index in [4.69, 9.17) is 0 Å². The van der Waals surface area contributed by atoms with Crippen LogP contribution in [0.3, 0.4) is 0 Å². The molecule has 2 heterocycles. The fraction of sp³-hybridized carbons (Fsp3) is 0.429. The number of hydrogen-bond donors (Lipinski definition) is 1. The molecular weight excluding hydrogens is 338 g/mol. The fourth-order valence-corrected chi connectivity index (χ4v) is 2.97. The average molecular weight is 356 g/mol. The van der Waals surface area contributed by atoms with Crippen LogP contribution in [-0.4, -0.2) is 21.0 Å². The maximum absolute atomic E-state index is 11.9. The number of rotatable bonds is 7. The zero-order valence-electron chi connectivity index (χ0n) is 11.4. The second kappa shape index (κ2) is 7.59. The first kappa shape index (κ1) is 15.3. The molecule has 0 aliphatic carbocycles. The van der Waals surface area contributed by atoms with Crippen molar-refractivity contribution in [3.05, 3.63) is 23.6 Å². The highest BCUT2D eigenvalue weighted by molar-refractivity contribution is 9.09. The number of anilines is 1. The molecule has 0 bridgehead atoms. The summed E-state index contributed by atoms with van der Waals surface area (Å²) in [7, 11) is 1.84. The van der Waals surface area contributed by atoms with Crippen LogP contribution in [-0.2, 0) is 11.8 Å². The first-order valence-electron chi connectivity index (χ1n) is 6.64. The Morgan fingerprint density at radius 3 is 3.00 bits per heavy atom. The van der Waals surface area contributed by atoms with Gasteiger partial charge in [-0.2, -0.15) is 5.10 Å². The molecule has 20 heavy (non-hydrogen) atoms. The van der Waals surface area contributed by atoms with Gasteiger partial charge in [-0.15, -0.1) is 11.3 Å². The smallest absolute Gasteiger partial charge is 0.225 e. The van der Waals surface area contributed by atoms with Gasteiger partial charge in [-0.1, -0.05) is 28.4 Å². The predicted molar refractivity (Wildman–Crippen MR) is 87.4 cm³/mol. The summed E-state index contributed by atoms with van der Waals surface area (Å²) >= 11 is 5.03. The summed E-state index contributed by atoms with van der Waals surface area (Å²) < 4.78 is 1.71. The highest BCUT2D eigenvalue weighted by Gasteiger charge is 2.10. The summed E-state index contributed by atoms with van der Waals surface area (Å²) in [6, 6.07) is 5.94. The third-order valence-electron chi connectivity index (χ3n) is 2.96.